The Hall–Kier alpha value is -2.60. The van der Waals surface area contributed by atoms with Gasteiger partial charge < -0.3 is 14.8 Å². The van der Waals surface area contributed by atoms with E-state index in [2.05, 4.69) is 27.1 Å². The van der Waals surface area contributed by atoms with E-state index in [0.29, 0.717) is 43.4 Å². The van der Waals surface area contributed by atoms with Gasteiger partial charge in [-0.25, -0.2) is 18.4 Å². The largest absolute Gasteiger partial charge is 0.497 e. The average Bonchev–Trinajstić information content (AvgIpc) is 3.41. The second-order valence-corrected chi connectivity index (χ2v) is 11.1. The van der Waals surface area contributed by atoms with Gasteiger partial charge in [-0.05, 0) is 44.0 Å². The number of anilines is 1. The van der Waals surface area contributed by atoms with E-state index in [1.807, 2.05) is 0 Å². The molecule has 2 aliphatic heterocycles. The first kappa shape index (κ1) is 24.1. The molecule has 0 amide bonds. The molecule has 1 aliphatic carbocycles. The van der Waals surface area contributed by atoms with Crippen LogP contribution in [-0.4, -0.2) is 78.9 Å². The van der Waals surface area contributed by atoms with Gasteiger partial charge in [0.1, 0.15) is 17.3 Å². The number of aliphatic imine (C=N–C) groups is 1. The molecule has 1 aromatic heterocycles. The van der Waals surface area contributed by atoms with Crippen molar-refractivity contribution in [1.82, 2.24) is 19.2 Å². The first-order valence-electron chi connectivity index (χ1n) is 12.1. The predicted molar refractivity (Wildman–Crippen MR) is 132 cm³/mol. The standard InChI is InChI=1S/C24H32N6O4S/c1-17(22-27-23-21(25-11-12-26-23)24(28-22)34-19-5-3-4-6-19)29-13-15-30(16-14-29)35(31,32)20-9-7-18(33-2)8-10-20/h7-12,17,19,24H,3-6,13-16H2,1-2H3,(H,26,27,28). The third kappa shape index (κ3) is 5.04. The summed E-state index contributed by atoms with van der Waals surface area (Å²) >= 11 is 0. The Labute approximate surface area is 206 Å². The van der Waals surface area contributed by atoms with Crippen LogP contribution in [0.5, 0.6) is 5.75 Å². The normalized spacial score (nSPS) is 22.8. The summed E-state index contributed by atoms with van der Waals surface area (Å²) in [5.74, 6) is 2.07. The van der Waals surface area contributed by atoms with E-state index in [1.165, 1.54) is 12.8 Å². The number of nitrogens with one attached hydrogen (secondary N) is 1. The number of sulfonamides is 1. The molecule has 0 bridgehead atoms. The highest BCUT2D eigenvalue weighted by molar-refractivity contribution is 7.89. The number of hydrogen-bond acceptors (Lipinski definition) is 9. The SMILES string of the molecule is COc1ccc(S(=O)(=O)N2CCN(C(C)C3=NC(OC4CCCC4)c4nccnc4N3)CC2)cc1. The summed E-state index contributed by atoms with van der Waals surface area (Å²) in [6.45, 7) is 4.08. The lowest BCUT2D eigenvalue weighted by Crippen LogP contribution is -2.54. The number of methoxy groups -OCH3 is 1. The fraction of sp³-hybridized carbons (Fsp3) is 0.542. The smallest absolute Gasteiger partial charge is 0.243 e. The van der Waals surface area contributed by atoms with Crippen molar-refractivity contribution in [1.29, 1.82) is 0 Å². The summed E-state index contributed by atoms with van der Waals surface area (Å²) in [5.41, 5.74) is 0.714. The molecule has 3 aliphatic rings. The van der Waals surface area contributed by atoms with Crippen LogP contribution in [0.25, 0.3) is 0 Å². The van der Waals surface area contributed by atoms with Crippen molar-refractivity contribution in [2.24, 2.45) is 4.99 Å². The van der Waals surface area contributed by atoms with Crippen LogP contribution in [-0.2, 0) is 14.8 Å². The zero-order valence-corrected chi connectivity index (χ0v) is 20.9. The average molecular weight is 501 g/mol. The van der Waals surface area contributed by atoms with Gasteiger partial charge in [-0.1, -0.05) is 12.8 Å². The number of piperazine rings is 1. The van der Waals surface area contributed by atoms with E-state index in [-0.39, 0.29) is 17.0 Å². The molecule has 2 atom stereocenters. The molecule has 0 radical (unpaired) electrons. The van der Waals surface area contributed by atoms with Gasteiger partial charge >= 0.3 is 0 Å². The molecule has 1 aromatic carbocycles. The van der Waals surface area contributed by atoms with Gasteiger partial charge in [-0.3, -0.25) is 9.88 Å². The Morgan fingerprint density at radius 3 is 2.40 bits per heavy atom. The maximum atomic E-state index is 13.1. The second kappa shape index (κ2) is 10.2. The molecular weight excluding hydrogens is 468 g/mol. The lowest BCUT2D eigenvalue weighted by Gasteiger charge is -2.38. The van der Waals surface area contributed by atoms with Crippen LogP contribution in [0.4, 0.5) is 5.82 Å². The maximum absolute atomic E-state index is 13.1. The summed E-state index contributed by atoms with van der Waals surface area (Å²) in [5, 5.41) is 3.34. The van der Waals surface area contributed by atoms with Crippen molar-refractivity contribution >= 4 is 21.7 Å². The van der Waals surface area contributed by atoms with Crippen molar-refractivity contribution < 1.29 is 17.9 Å². The first-order chi connectivity index (χ1) is 17.0. The number of aromatic nitrogens is 2. The molecule has 0 spiro atoms. The highest BCUT2D eigenvalue weighted by Gasteiger charge is 2.34. The van der Waals surface area contributed by atoms with Crippen molar-refractivity contribution in [3.63, 3.8) is 0 Å². The van der Waals surface area contributed by atoms with Gasteiger partial charge in [-0.2, -0.15) is 4.31 Å². The molecule has 11 heteroatoms. The van der Waals surface area contributed by atoms with Crippen LogP contribution in [0.15, 0.2) is 46.5 Å². The molecule has 1 saturated heterocycles. The highest BCUT2D eigenvalue weighted by atomic mass is 32.2. The highest BCUT2D eigenvalue weighted by Crippen LogP contribution is 2.33. The van der Waals surface area contributed by atoms with Crippen LogP contribution < -0.4 is 10.1 Å². The molecule has 2 aromatic rings. The van der Waals surface area contributed by atoms with Gasteiger partial charge in [0, 0.05) is 38.6 Å². The minimum absolute atomic E-state index is 0.0503. The van der Waals surface area contributed by atoms with Crippen LogP contribution in [0.1, 0.15) is 44.5 Å². The van der Waals surface area contributed by atoms with Gasteiger partial charge in [-0.15, -0.1) is 0 Å². The summed E-state index contributed by atoms with van der Waals surface area (Å²) in [4.78, 5) is 16.3. The van der Waals surface area contributed by atoms with Gasteiger partial charge in [0.05, 0.1) is 24.2 Å². The number of ether oxygens (including phenoxy) is 2. The van der Waals surface area contributed by atoms with Crippen LogP contribution >= 0.6 is 0 Å². The topological polar surface area (TPSA) is 109 Å². The zero-order valence-electron chi connectivity index (χ0n) is 20.1. The molecule has 3 heterocycles. The summed E-state index contributed by atoms with van der Waals surface area (Å²) in [6, 6.07) is 6.47. The molecule has 10 nitrogen and oxygen atoms in total. The predicted octanol–water partition coefficient (Wildman–Crippen LogP) is 2.66. The van der Waals surface area contributed by atoms with E-state index in [4.69, 9.17) is 14.5 Å². The number of benzene rings is 1. The van der Waals surface area contributed by atoms with Crippen LogP contribution in [0.3, 0.4) is 0 Å². The lowest BCUT2D eigenvalue weighted by molar-refractivity contribution is -0.00742. The van der Waals surface area contributed by atoms with Crippen molar-refractivity contribution in [3.05, 3.63) is 42.4 Å². The Kier molecular flexibility index (Phi) is 7.01. The molecule has 188 valence electrons. The number of nitrogens with zero attached hydrogens (tertiary/aromatic N) is 5. The lowest BCUT2D eigenvalue weighted by atomic mass is 10.2. The molecule has 1 N–H and O–H groups in total. The van der Waals surface area contributed by atoms with Gasteiger partial charge in [0.15, 0.2) is 12.0 Å². The molecule has 2 unspecified atom stereocenters. The van der Waals surface area contributed by atoms with Crippen LogP contribution in [0, 0.1) is 0 Å². The third-order valence-corrected chi connectivity index (χ3v) is 8.91. The van der Waals surface area contributed by atoms with Gasteiger partial charge in [0.2, 0.25) is 10.0 Å². The molecule has 5 rings (SSSR count). The number of rotatable bonds is 7. The molecular formula is C24H32N6O4S. The van der Waals surface area contributed by atoms with Crippen molar-refractivity contribution in [2.45, 2.75) is 55.9 Å². The monoisotopic (exact) mass is 500 g/mol. The second-order valence-electron chi connectivity index (χ2n) is 9.12. The molecule has 2 fully saturated rings. The van der Waals surface area contributed by atoms with E-state index in [0.717, 1.165) is 18.7 Å². The summed E-state index contributed by atoms with van der Waals surface area (Å²) in [6.07, 6.45) is 7.50. The zero-order chi connectivity index (χ0) is 24.4. The number of amidine groups is 1. The van der Waals surface area contributed by atoms with E-state index in [1.54, 1.807) is 48.1 Å². The Bertz CT molecular complexity index is 1160. The fourth-order valence-electron chi connectivity index (χ4n) is 4.88. The maximum Gasteiger partial charge on any atom is 0.243 e. The number of hydrogen-bond donors (Lipinski definition) is 1. The molecule has 1 saturated carbocycles. The van der Waals surface area contributed by atoms with E-state index >= 15 is 0 Å². The number of fused-ring (bicyclic) bond motifs is 1. The van der Waals surface area contributed by atoms with Gasteiger partial charge in [0.25, 0.3) is 0 Å². The van der Waals surface area contributed by atoms with Crippen molar-refractivity contribution in [3.8, 4) is 5.75 Å². The minimum Gasteiger partial charge on any atom is -0.497 e. The van der Waals surface area contributed by atoms with Crippen molar-refractivity contribution in [2.75, 3.05) is 38.6 Å². The van der Waals surface area contributed by atoms with E-state index < -0.39 is 16.3 Å². The minimum atomic E-state index is -3.56. The Morgan fingerprint density at radius 2 is 1.71 bits per heavy atom. The first-order valence-corrected chi connectivity index (χ1v) is 13.6. The molecule has 35 heavy (non-hydrogen) atoms. The summed E-state index contributed by atoms with van der Waals surface area (Å²) < 4.78 is 39.2. The Morgan fingerprint density at radius 1 is 1.03 bits per heavy atom. The third-order valence-electron chi connectivity index (χ3n) is 7.00. The Balaban J connectivity index is 1.26. The fourth-order valence-corrected chi connectivity index (χ4v) is 6.30. The summed E-state index contributed by atoms with van der Waals surface area (Å²) in [7, 11) is -2.00. The van der Waals surface area contributed by atoms with E-state index in [9.17, 15) is 8.42 Å². The van der Waals surface area contributed by atoms with Crippen LogP contribution in [0.2, 0.25) is 0 Å². The quantitative estimate of drug-likeness (QED) is 0.618.